The Morgan fingerprint density at radius 1 is 1.16 bits per heavy atom. The van der Waals surface area contributed by atoms with Crippen molar-refractivity contribution in [1.29, 1.82) is 0 Å². The lowest BCUT2D eigenvalue weighted by atomic mass is 9.50. The highest BCUT2D eigenvalue weighted by Gasteiger charge is 2.70. The van der Waals surface area contributed by atoms with E-state index >= 15 is 0 Å². The van der Waals surface area contributed by atoms with Crippen LogP contribution in [0.15, 0.2) is 59.4 Å². The number of ether oxygens (including phenoxy) is 3. The number of hydrogen-bond acceptors (Lipinski definition) is 6. The molecule has 8 nitrogen and oxygen atoms in total. The largest absolute Gasteiger partial charge is 0.573 e. The third-order valence-electron chi connectivity index (χ3n) is 10.9. The minimum Gasteiger partial charge on any atom is -0.422 e. The van der Waals surface area contributed by atoms with E-state index in [9.17, 15) is 27.9 Å². The number of benzene rings is 1. The molecule has 2 saturated carbocycles. The van der Waals surface area contributed by atoms with Gasteiger partial charge in [-0.25, -0.2) is 0 Å². The fourth-order valence-electron chi connectivity index (χ4n) is 9.08. The topological polar surface area (TPSA) is 94.1 Å². The van der Waals surface area contributed by atoms with Gasteiger partial charge in [0.1, 0.15) is 6.10 Å². The standard InChI is InChI=1S/C33H37F3N2O6/c1-19(39)42-27(21-7-4-3-5-8-21)28(44-33(34,35)36)30(40)37-32(41)14-13-22-17-24-23-9-6-10-25-31(23,26(22)29(32)43-25)15-16-38(24,2)18-20-11-12-20/h3-5,7-8,13-14,20,23-25,29,41H,6,9-12,15-18H2,1-2H3/p+1/t23-,24+,25-,29?,31+,32?,38?/m0/s1. The molecule has 11 heteroatoms. The van der Waals surface area contributed by atoms with E-state index in [-0.39, 0.29) is 17.1 Å². The molecule has 44 heavy (non-hydrogen) atoms. The quantitative estimate of drug-likeness (QED) is 0.152. The maximum absolute atomic E-state index is 13.7. The molecule has 0 radical (unpaired) electrons. The molecule has 1 amide bonds. The number of hydrogen-bond donors (Lipinski definition) is 2. The lowest BCUT2D eigenvalue weighted by Crippen LogP contribution is -2.69. The van der Waals surface area contributed by atoms with Gasteiger partial charge in [-0.1, -0.05) is 42.8 Å². The van der Waals surface area contributed by atoms with Crippen molar-refractivity contribution in [1.82, 2.24) is 5.32 Å². The Kier molecular flexibility index (Phi) is 6.84. The predicted molar refractivity (Wildman–Crippen MR) is 152 cm³/mol. The molecule has 1 spiro atoms. The zero-order chi connectivity index (χ0) is 31.1. The van der Waals surface area contributed by atoms with Crippen LogP contribution in [0.5, 0.6) is 0 Å². The Labute approximate surface area is 254 Å². The van der Waals surface area contributed by atoms with Crippen molar-refractivity contribution in [3.8, 4) is 0 Å². The van der Waals surface area contributed by atoms with Crippen LogP contribution in [0.2, 0.25) is 0 Å². The number of piperidine rings is 1. The second-order valence-corrected chi connectivity index (χ2v) is 13.7. The summed E-state index contributed by atoms with van der Waals surface area (Å²) in [5, 5.41) is 14.4. The van der Waals surface area contributed by atoms with Gasteiger partial charge in [-0.3, -0.25) is 9.59 Å². The zero-order valence-corrected chi connectivity index (χ0v) is 24.9. The number of esters is 1. The van der Waals surface area contributed by atoms with Gasteiger partial charge in [-0.05, 0) is 42.9 Å². The minimum absolute atomic E-state index is 0.0195. The van der Waals surface area contributed by atoms with Crippen LogP contribution in [0.3, 0.4) is 0 Å². The van der Waals surface area contributed by atoms with Gasteiger partial charge in [-0.2, -0.15) is 0 Å². The van der Waals surface area contributed by atoms with E-state index in [1.165, 1.54) is 49.7 Å². The van der Waals surface area contributed by atoms with E-state index in [2.05, 4.69) is 17.1 Å². The molecular formula is C33H38F3N2O6+. The average molecular weight is 616 g/mol. The molecule has 4 aliphatic carbocycles. The molecule has 2 heterocycles. The Morgan fingerprint density at radius 2 is 1.91 bits per heavy atom. The van der Waals surface area contributed by atoms with Crippen molar-refractivity contribution < 1.29 is 46.6 Å². The monoisotopic (exact) mass is 615 g/mol. The number of likely N-dealkylation sites (tertiary alicyclic amines) is 1. The molecule has 6 aliphatic rings. The zero-order valence-electron chi connectivity index (χ0n) is 24.9. The molecule has 7 rings (SSSR count). The molecule has 0 aromatic heterocycles. The molecule has 2 aliphatic heterocycles. The molecule has 4 fully saturated rings. The third kappa shape index (κ3) is 4.79. The summed E-state index contributed by atoms with van der Waals surface area (Å²) in [5.74, 6) is -3.19. The number of aliphatic hydroxyl groups is 1. The van der Waals surface area contributed by atoms with Crippen LogP contribution in [0.1, 0.15) is 57.4 Å². The summed E-state index contributed by atoms with van der Waals surface area (Å²) in [4.78, 5) is 25.6. The van der Waals surface area contributed by atoms with Crippen molar-refractivity contribution >= 4 is 17.6 Å². The summed E-state index contributed by atoms with van der Waals surface area (Å²) in [6, 6.07) is 7.87. The smallest absolute Gasteiger partial charge is 0.422 e. The van der Waals surface area contributed by atoms with E-state index in [0.717, 1.165) is 67.1 Å². The van der Waals surface area contributed by atoms with Gasteiger partial charge >= 0.3 is 12.3 Å². The number of carbonyl (C=O) groups is 2. The van der Waals surface area contributed by atoms with Gasteiger partial charge in [0.2, 0.25) is 5.76 Å². The summed E-state index contributed by atoms with van der Waals surface area (Å²) in [7, 11) is 2.39. The van der Waals surface area contributed by atoms with Gasteiger partial charge in [0.05, 0.1) is 32.3 Å². The van der Waals surface area contributed by atoms with Gasteiger partial charge in [0.15, 0.2) is 11.5 Å². The molecule has 1 aromatic rings. The predicted octanol–water partition coefficient (Wildman–Crippen LogP) is 4.71. The van der Waals surface area contributed by atoms with Crippen molar-refractivity contribution in [2.75, 3.05) is 20.1 Å². The first-order valence-electron chi connectivity index (χ1n) is 15.5. The summed E-state index contributed by atoms with van der Waals surface area (Å²) in [6.45, 7) is 3.19. The molecule has 236 valence electrons. The van der Waals surface area contributed by atoms with Crippen LogP contribution in [0, 0.1) is 17.3 Å². The minimum atomic E-state index is -5.29. The summed E-state index contributed by atoms with van der Waals surface area (Å²) in [5.41, 5.74) is -0.323. The maximum Gasteiger partial charge on any atom is 0.573 e. The fourth-order valence-corrected chi connectivity index (χ4v) is 9.08. The van der Waals surface area contributed by atoms with E-state index in [4.69, 9.17) is 9.47 Å². The van der Waals surface area contributed by atoms with Crippen molar-refractivity contribution in [3.05, 3.63) is 65.0 Å². The highest BCUT2D eigenvalue weighted by Crippen LogP contribution is 2.67. The number of nitrogens with one attached hydrogen (secondary N) is 1. The SMILES string of the molecule is CC(=O)OC(=C(OC(F)(F)F)C(=O)NC1(O)C=CC2=C3C1O[C@H]1CCC[C@H]4[C@@H](C2)[N+](C)(CC2CC2)CC[C@]314)c1ccccc1. The number of amides is 1. The van der Waals surface area contributed by atoms with Crippen LogP contribution >= 0.6 is 0 Å². The number of allylic oxidation sites excluding steroid dienone is 1. The number of halogens is 3. The van der Waals surface area contributed by atoms with E-state index in [0.29, 0.717) is 12.0 Å². The first-order valence-corrected chi connectivity index (χ1v) is 15.5. The molecule has 2 bridgehead atoms. The molecule has 1 aromatic carbocycles. The molecule has 7 atom stereocenters. The van der Waals surface area contributed by atoms with E-state index in [1.54, 1.807) is 6.07 Å². The summed E-state index contributed by atoms with van der Waals surface area (Å²) >= 11 is 0. The first kappa shape index (κ1) is 29.6. The van der Waals surface area contributed by atoms with Crippen LogP contribution in [-0.2, 0) is 23.8 Å². The van der Waals surface area contributed by atoms with Crippen LogP contribution in [0.4, 0.5) is 13.2 Å². The average Bonchev–Trinajstić information content (AvgIpc) is 3.70. The Balaban J connectivity index is 1.25. The highest BCUT2D eigenvalue weighted by atomic mass is 19.4. The van der Waals surface area contributed by atoms with Crippen molar-refractivity contribution in [3.63, 3.8) is 0 Å². The number of nitrogens with zero attached hydrogens (tertiary/aromatic N) is 1. The Morgan fingerprint density at radius 3 is 2.59 bits per heavy atom. The number of rotatable bonds is 7. The highest BCUT2D eigenvalue weighted by molar-refractivity contribution is 5.99. The molecular weight excluding hydrogens is 577 g/mol. The van der Waals surface area contributed by atoms with Gasteiger partial charge in [0, 0.05) is 42.6 Å². The second kappa shape index (κ2) is 10.2. The number of quaternary nitrogens is 1. The van der Waals surface area contributed by atoms with Gasteiger partial charge in [0.25, 0.3) is 5.91 Å². The van der Waals surface area contributed by atoms with Gasteiger partial charge < -0.3 is 29.1 Å². The normalized spacial score (nSPS) is 37.6. The second-order valence-electron chi connectivity index (χ2n) is 13.7. The van der Waals surface area contributed by atoms with Crippen LogP contribution < -0.4 is 5.32 Å². The lowest BCUT2D eigenvalue weighted by molar-refractivity contribution is -0.947. The summed E-state index contributed by atoms with van der Waals surface area (Å²) in [6.07, 6.45) is 4.06. The van der Waals surface area contributed by atoms with Gasteiger partial charge in [-0.15, -0.1) is 13.2 Å². The Bertz CT molecular complexity index is 1470. The molecule has 2 N–H and O–H groups in total. The maximum atomic E-state index is 13.7. The lowest BCUT2D eigenvalue weighted by Gasteiger charge is -2.61. The van der Waals surface area contributed by atoms with Crippen LogP contribution in [-0.4, -0.2) is 71.9 Å². The third-order valence-corrected chi connectivity index (χ3v) is 10.9. The number of carbonyl (C=O) groups excluding carboxylic acids is 2. The number of alkyl halides is 3. The van der Waals surface area contributed by atoms with Crippen molar-refractivity contribution in [2.24, 2.45) is 17.3 Å². The first-order chi connectivity index (χ1) is 20.8. The van der Waals surface area contributed by atoms with E-state index < -0.39 is 41.6 Å². The summed E-state index contributed by atoms with van der Waals surface area (Å²) < 4.78 is 58.0. The van der Waals surface area contributed by atoms with Crippen molar-refractivity contribution in [2.45, 2.75) is 82.2 Å². The molecule has 3 unspecified atom stereocenters. The Hall–Kier alpha value is -3.15. The van der Waals surface area contributed by atoms with E-state index in [1.807, 2.05) is 6.08 Å². The fraction of sp³-hybridized carbons (Fsp3) is 0.576. The molecule has 2 saturated heterocycles. The van der Waals surface area contributed by atoms with Crippen LogP contribution in [0.25, 0.3) is 5.76 Å².